The van der Waals surface area contributed by atoms with E-state index in [1.54, 1.807) is 6.92 Å². The molecule has 0 saturated carbocycles. The van der Waals surface area contributed by atoms with Crippen molar-refractivity contribution >= 4 is 17.0 Å². The van der Waals surface area contributed by atoms with Gasteiger partial charge in [0.2, 0.25) is 0 Å². The molecule has 1 atom stereocenters. The van der Waals surface area contributed by atoms with Crippen LogP contribution in [0.2, 0.25) is 0 Å². The van der Waals surface area contributed by atoms with Gasteiger partial charge in [0.25, 0.3) is 0 Å². The standard InChI is InChI=1S/C16H23N3O2/c1-11-8-13-14(9-12(11)2)19(10-18-13)7-5-6-16(3,17)15(20)21-4/h8-10H,5-7,17H2,1-4H3. The average molecular weight is 289 g/mol. The molecule has 0 aliphatic carbocycles. The van der Waals surface area contributed by atoms with Crippen molar-refractivity contribution in [3.63, 3.8) is 0 Å². The van der Waals surface area contributed by atoms with Crippen LogP contribution in [0.25, 0.3) is 11.0 Å². The van der Waals surface area contributed by atoms with E-state index in [1.807, 2.05) is 6.33 Å². The first-order valence-corrected chi connectivity index (χ1v) is 7.14. The lowest BCUT2D eigenvalue weighted by Gasteiger charge is -2.21. The van der Waals surface area contributed by atoms with Gasteiger partial charge in [-0.1, -0.05) is 0 Å². The summed E-state index contributed by atoms with van der Waals surface area (Å²) in [5.74, 6) is -0.371. The summed E-state index contributed by atoms with van der Waals surface area (Å²) in [6.07, 6.45) is 3.21. The van der Waals surface area contributed by atoms with Gasteiger partial charge in [-0.05, 0) is 56.9 Å². The molecule has 0 aliphatic rings. The Labute approximate surface area is 125 Å². The van der Waals surface area contributed by atoms with Crippen LogP contribution in [-0.2, 0) is 16.1 Å². The fourth-order valence-electron chi connectivity index (χ4n) is 2.44. The topological polar surface area (TPSA) is 70.1 Å². The predicted molar refractivity (Wildman–Crippen MR) is 83.0 cm³/mol. The summed E-state index contributed by atoms with van der Waals surface area (Å²) in [5.41, 5.74) is 9.65. The van der Waals surface area contributed by atoms with E-state index in [-0.39, 0.29) is 5.97 Å². The van der Waals surface area contributed by atoms with Gasteiger partial charge in [-0.2, -0.15) is 0 Å². The molecule has 21 heavy (non-hydrogen) atoms. The smallest absolute Gasteiger partial charge is 0.325 e. The highest BCUT2D eigenvalue weighted by atomic mass is 16.5. The second-order valence-electron chi connectivity index (χ2n) is 5.88. The zero-order chi connectivity index (χ0) is 15.6. The maximum Gasteiger partial charge on any atom is 0.325 e. The van der Waals surface area contributed by atoms with Crippen molar-refractivity contribution in [2.75, 3.05) is 7.11 Å². The minimum atomic E-state index is -0.933. The molecular formula is C16H23N3O2. The molecule has 0 fully saturated rings. The van der Waals surface area contributed by atoms with Crippen LogP contribution in [0.15, 0.2) is 18.5 Å². The van der Waals surface area contributed by atoms with Crippen LogP contribution in [0.1, 0.15) is 30.9 Å². The van der Waals surface area contributed by atoms with Crippen LogP contribution in [0.3, 0.4) is 0 Å². The summed E-state index contributed by atoms with van der Waals surface area (Å²) in [7, 11) is 1.36. The number of rotatable bonds is 5. The van der Waals surface area contributed by atoms with Gasteiger partial charge in [-0.3, -0.25) is 4.79 Å². The Balaban J connectivity index is 2.08. The molecule has 0 aliphatic heterocycles. The molecule has 1 heterocycles. The molecule has 2 aromatic rings. The highest BCUT2D eigenvalue weighted by molar-refractivity contribution is 5.79. The molecule has 0 bridgehead atoms. The van der Waals surface area contributed by atoms with Crippen molar-refractivity contribution in [3.8, 4) is 0 Å². The summed E-state index contributed by atoms with van der Waals surface area (Å²) in [6, 6.07) is 4.25. The summed E-state index contributed by atoms with van der Waals surface area (Å²) < 4.78 is 6.83. The molecule has 2 rings (SSSR count). The third kappa shape index (κ3) is 3.24. The number of hydrogen-bond donors (Lipinski definition) is 1. The van der Waals surface area contributed by atoms with Gasteiger partial charge in [0.15, 0.2) is 0 Å². The van der Waals surface area contributed by atoms with Gasteiger partial charge in [-0.25, -0.2) is 4.98 Å². The number of carbonyl (C=O) groups excluding carboxylic acids is 1. The van der Waals surface area contributed by atoms with E-state index in [1.165, 1.54) is 18.2 Å². The zero-order valence-corrected chi connectivity index (χ0v) is 13.1. The molecule has 114 valence electrons. The third-order valence-electron chi connectivity index (χ3n) is 3.98. The number of hydrogen-bond acceptors (Lipinski definition) is 4. The number of nitrogens with zero attached hydrogens (tertiary/aromatic N) is 2. The molecule has 0 spiro atoms. The minimum Gasteiger partial charge on any atom is -0.468 e. The SMILES string of the molecule is COC(=O)C(C)(N)CCCn1cnc2cc(C)c(C)cc21. The Morgan fingerprint density at radius 3 is 2.71 bits per heavy atom. The van der Waals surface area contributed by atoms with Crippen molar-refractivity contribution in [1.82, 2.24) is 9.55 Å². The Kier molecular flexibility index (Phi) is 4.32. The maximum atomic E-state index is 11.6. The van der Waals surface area contributed by atoms with Crippen molar-refractivity contribution in [3.05, 3.63) is 29.6 Å². The number of aromatic nitrogens is 2. The molecule has 5 nitrogen and oxygen atoms in total. The number of carbonyl (C=O) groups is 1. The summed E-state index contributed by atoms with van der Waals surface area (Å²) >= 11 is 0. The molecule has 0 amide bonds. The van der Waals surface area contributed by atoms with Gasteiger partial charge in [0, 0.05) is 6.54 Å². The van der Waals surface area contributed by atoms with Crippen LogP contribution in [0.4, 0.5) is 0 Å². The van der Waals surface area contributed by atoms with Crippen LogP contribution < -0.4 is 5.73 Å². The Bertz CT molecular complexity index is 659. The number of aryl methyl sites for hydroxylation is 3. The molecule has 1 unspecified atom stereocenters. The van der Waals surface area contributed by atoms with Crippen LogP contribution in [-0.4, -0.2) is 28.2 Å². The average Bonchev–Trinajstić information content (AvgIpc) is 2.80. The quantitative estimate of drug-likeness (QED) is 0.858. The van der Waals surface area contributed by atoms with Gasteiger partial charge >= 0.3 is 5.97 Å². The van der Waals surface area contributed by atoms with Gasteiger partial charge in [0.1, 0.15) is 5.54 Å². The van der Waals surface area contributed by atoms with E-state index in [2.05, 4.69) is 35.5 Å². The normalized spacial score (nSPS) is 14.1. The van der Waals surface area contributed by atoms with E-state index in [0.29, 0.717) is 6.42 Å². The van der Waals surface area contributed by atoms with E-state index < -0.39 is 5.54 Å². The van der Waals surface area contributed by atoms with Gasteiger partial charge < -0.3 is 15.0 Å². The fraction of sp³-hybridized carbons (Fsp3) is 0.500. The number of imidazole rings is 1. The summed E-state index contributed by atoms with van der Waals surface area (Å²) in [4.78, 5) is 16.0. The van der Waals surface area contributed by atoms with Gasteiger partial charge in [0.05, 0.1) is 24.5 Å². The van der Waals surface area contributed by atoms with E-state index in [0.717, 1.165) is 24.0 Å². The Hall–Kier alpha value is -1.88. The molecule has 5 heteroatoms. The lowest BCUT2D eigenvalue weighted by Crippen LogP contribution is -2.45. The molecule has 0 radical (unpaired) electrons. The van der Waals surface area contributed by atoms with E-state index in [4.69, 9.17) is 10.5 Å². The monoisotopic (exact) mass is 289 g/mol. The Morgan fingerprint density at radius 2 is 2.05 bits per heavy atom. The van der Waals surface area contributed by atoms with Crippen molar-refractivity contribution < 1.29 is 9.53 Å². The molecule has 0 saturated heterocycles. The number of nitrogens with two attached hydrogens (primary N) is 1. The molecule has 1 aromatic carbocycles. The molecular weight excluding hydrogens is 266 g/mol. The highest BCUT2D eigenvalue weighted by Crippen LogP contribution is 2.19. The van der Waals surface area contributed by atoms with Gasteiger partial charge in [-0.15, -0.1) is 0 Å². The van der Waals surface area contributed by atoms with Crippen LogP contribution in [0.5, 0.6) is 0 Å². The largest absolute Gasteiger partial charge is 0.468 e. The lowest BCUT2D eigenvalue weighted by molar-refractivity contribution is -0.146. The molecule has 2 N–H and O–H groups in total. The van der Waals surface area contributed by atoms with Crippen LogP contribution in [0, 0.1) is 13.8 Å². The first-order valence-electron chi connectivity index (χ1n) is 7.14. The summed E-state index contributed by atoms with van der Waals surface area (Å²) in [6.45, 7) is 6.67. The number of ether oxygens (including phenoxy) is 1. The van der Waals surface area contributed by atoms with Crippen LogP contribution >= 0.6 is 0 Å². The fourth-order valence-corrected chi connectivity index (χ4v) is 2.44. The maximum absolute atomic E-state index is 11.6. The van der Waals surface area contributed by atoms with E-state index in [9.17, 15) is 4.79 Å². The lowest BCUT2D eigenvalue weighted by atomic mass is 9.97. The highest BCUT2D eigenvalue weighted by Gasteiger charge is 2.28. The molecule has 1 aromatic heterocycles. The first kappa shape index (κ1) is 15.5. The second kappa shape index (κ2) is 5.85. The number of methoxy groups -OCH3 is 1. The first-order chi connectivity index (χ1) is 9.85. The second-order valence-corrected chi connectivity index (χ2v) is 5.88. The third-order valence-corrected chi connectivity index (χ3v) is 3.98. The number of fused-ring (bicyclic) bond motifs is 1. The number of esters is 1. The van der Waals surface area contributed by atoms with E-state index >= 15 is 0 Å². The zero-order valence-electron chi connectivity index (χ0n) is 13.1. The Morgan fingerprint density at radius 1 is 1.38 bits per heavy atom. The van der Waals surface area contributed by atoms with Crippen molar-refractivity contribution in [2.45, 2.75) is 45.7 Å². The minimum absolute atomic E-state index is 0.371. The number of benzene rings is 1. The van der Waals surface area contributed by atoms with Crippen molar-refractivity contribution in [1.29, 1.82) is 0 Å². The van der Waals surface area contributed by atoms with Crippen molar-refractivity contribution in [2.24, 2.45) is 5.73 Å². The predicted octanol–water partition coefficient (Wildman–Crippen LogP) is 2.32. The summed E-state index contributed by atoms with van der Waals surface area (Å²) in [5, 5.41) is 0.